The summed E-state index contributed by atoms with van der Waals surface area (Å²) in [4.78, 5) is 14.3. The number of allylic oxidation sites excluding steroid dienone is 1. The van der Waals surface area contributed by atoms with E-state index < -0.39 is 35.1 Å². The first kappa shape index (κ1) is 13.2. The van der Waals surface area contributed by atoms with Crippen molar-refractivity contribution in [2.75, 3.05) is 6.61 Å². The summed E-state index contributed by atoms with van der Waals surface area (Å²) in [5, 5.41) is 10.9. The zero-order valence-electron chi connectivity index (χ0n) is 10.5. The minimum atomic E-state index is -3.27. The number of nitrogens with two attached hydrogens (primary N) is 1. The van der Waals surface area contributed by atoms with E-state index >= 15 is 0 Å². The lowest BCUT2D eigenvalue weighted by Crippen LogP contribution is -2.61. The third kappa shape index (κ3) is 1.54. The first-order valence-electron chi connectivity index (χ1n) is 6.21. The van der Waals surface area contributed by atoms with E-state index in [0.29, 0.717) is 5.57 Å². The van der Waals surface area contributed by atoms with E-state index in [4.69, 9.17) is 5.73 Å². The van der Waals surface area contributed by atoms with Gasteiger partial charge in [-0.1, -0.05) is 6.08 Å². The van der Waals surface area contributed by atoms with Crippen LogP contribution in [0.3, 0.4) is 0 Å². The molecule has 1 aliphatic heterocycles. The van der Waals surface area contributed by atoms with Crippen LogP contribution in [-0.2, 0) is 4.74 Å². The molecule has 0 aromatic heterocycles. The van der Waals surface area contributed by atoms with Crippen molar-refractivity contribution in [3.8, 4) is 0 Å². The van der Waals surface area contributed by atoms with Crippen molar-refractivity contribution in [1.29, 1.82) is 0 Å². The number of rotatable bonds is 1. The van der Waals surface area contributed by atoms with E-state index in [2.05, 4.69) is 9.73 Å². The second-order valence-electron chi connectivity index (χ2n) is 5.25. The number of alkyl halides is 2. The maximum absolute atomic E-state index is 14.4. The van der Waals surface area contributed by atoms with Crippen LogP contribution in [-0.4, -0.2) is 41.5 Å². The highest BCUT2D eigenvalue weighted by molar-refractivity contribution is 5.57. The van der Waals surface area contributed by atoms with Crippen LogP contribution in [0.5, 0.6) is 0 Å². The Morgan fingerprint density at radius 3 is 2.90 bits per heavy atom. The Hall–Kier alpha value is -1.83. The molecular weight excluding hydrogens is 272 g/mol. The predicted molar refractivity (Wildman–Crippen MR) is 66.3 cm³/mol. The normalized spacial score (nSPS) is 38.0. The molecule has 1 heterocycles. The van der Waals surface area contributed by atoms with Crippen molar-refractivity contribution >= 4 is 6.40 Å². The minimum Gasteiger partial charge on any atom is -0.477 e. The summed E-state index contributed by atoms with van der Waals surface area (Å²) in [7, 11) is 0. The summed E-state index contributed by atoms with van der Waals surface area (Å²) in [6.07, 6.45) is 4.09. The molecule has 0 saturated heterocycles. The molecule has 3 aliphatic rings. The van der Waals surface area contributed by atoms with Gasteiger partial charge in [-0.15, -0.1) is 0 Å². The van der Waals surface area contributed by atoms with Gasteiger partial charge in [-0.2, -0.15) is 8.78 Å². The van der Waals surface area contributed by atoms with Crippen LogP contribution in [0.4, 0.5) is 8.78 Å². The molecule has 8 heteroatoms. The summed E-state index contributed by atoms with van der Waals surface area (Å²) in [5.74, 6) is -3.27. The number of hydrogen-bond acceptors (Lipinski definition) is 5. The van der Waals surface area contributed by atoms with Crippen LogP contribution >= 0.6 is 0 Å². The van der Waals surface area contributed by atoms with Crippen molar-refractivity contribution in [2.24, 2.45) is 10.7 Å². The number of hydrogen-bond donors (Lipinski definition) is 1. The second kappa shape index (κ2) is 4.08. The van der Waals surface area contributed by atoms with Gasteiger partial charge in [-0.25, -0.2) is 4.99 Å². The molecule has 0 fully saturated rings. The van der Waals surface area contributed by atoms with Crippen LogP contribution < -0.4 is 5.73 Å². The number of ether oxygens (including phenoxy) is 1. The van der Waals surface area contributed by atoms with Gasteiger partial charge in [0.15, 0.2) is 18.5 Å². The van der Waals surface area contributed by atoms with E-state index in [1.165, 1.54) is 12.2 Å². The predicted octanol–water partition coefficient (Wildman–Crippen LogP) is 1.05. The molecule has 0 saturated carbocycles. The van der Waals surface area contributed by atoms with Crippen LogP contribution in [0.2, 0.25) is 0 Å². The number of nitro groups is 1. The van der Waals surface area contributed by atoms with Gasteiger partial charge in [0, 0.05) is 17.4 Å². The molecule has 20 heavy (non-hydrogen) atoms. The lowest BCUT2D eigenvalue weighted by molar-refractivity contribution is -0.509. The van der Waals surface area contributed by atoms with Gasteiger partial charge in [-0.05, 0) is 23.6 Å². The molecule has 2 N–H and O–H groups in total. The lowest BCUT2D eigenvalue weighted by Gasteiger charge is -2.41. The topological polar surface area (TPSA) is 90.8 Å². The van der Waals surface area contributed by atoms with Gasteiger partial charge in [0.1, 0.15) is 0 Å². The molecule has 6 nitrogen and oxygen atoms in total. The first-order valence-corrected chi connectivity index (χ1v) is 6.21. The van der Waals surface area contributed by atoms with Crippen molar-refractivity contribution in [1.82, 2.24) is 0 Å². The van der Waals surface area contributed by atoms with Gasteiger partial charge >= 0.3 is 5.92 Å². The average molecular weight is 285 g/mol. The molecule has 0 bridgehead atoms. The summed E-state index contributed by atoms with van der Waals surface area (Å²) < 4.78 is 33.3. The monoisotopic (exact) mass is 285 g/mol. The molecular formula is C12H13F2N3O3. The summed E-state index contributed by atoms with van der Waals surface area (Å²) >= 11 is 0. The van der Waals surface area contributed by atoms with Gasteiger partial charge in [0.25, 0.3) is 0 Å². The summed E-state index contributed by atoms with van der Waals surface area (Å²) in [6, 6.07) is -1.91. The Bertz CT molecular complexity index is 558. The maximum Gasteiger partial charge on any atom is 0.311 e. The number of aliphatic imine (C=N–C) groups is 1. The Labute approximate surface area is 113 Å². The Morgan fingerprint density at radius 2 is 2.25 bits per heavy atom. The van der Waals surface area contributed by atoms with E-state index in [0.717, 1.165) is 6.40 Å². The largest absolute Gasteiger partial charge is 0.477 e. The van der Waals surface area contributed by atoms with Crippen LogP contribution in [0.15, 0.2) is 28.3 Å². The fraction of sp³-hybridized carbons (Fsp3) is 0.583. The fourth-order valence-corrected chi connectivity index (χ4v) is 3.21. The molecule has 3 rings (SSSR count). The molecule has 1 spiro atoms. The second-order valence-corrected chi connectivity index (χ2v) is 5.25. The van der Waals surface area contributed by atoms with Crippen molar-refractivity contribution in [3.63, 3.8) is 0 Å². The third-order valence-electron chi connectivity index (χ3n) is 4.18. The van der Waals surface area contributed by atoms with E-state index in [1.54, 1.807) is 0 Å². The molecule has 108 valence electrons. The highest BCUT2D eigenvalue weighted by Crippen LogP contribution is 2.52. The maximum atomic E-state index is 14.4. The van der Waals surface area contributed by atoms with Gasteiger partial charge in [0.2, 0.25) is 6.04 Å². The summed E-state index contributed by atoms with van der Waals surface area (Å²) in [5.41, 5.74) is 4.91. The third-order valence-corrected chi connectivity index (χ3v) is 4.18. The molecule has 0 aromatic carbocycles. The quantitative estimate of drug-likeness (QED) is 0.576. The number of nitrogens with zero attached hydrogens (tertiary/aromatic N) is 2. The SMILES string of the molecule is NC1CC2=C(CC([N+](=O)[O-])C=C2)[C@@]12N=COCC2(F)F. The molecule has 2 unspecified atom stereocenters. The van der Waals surface area contributed by atoms with Crippen LogP contribution in [0.25, 0.3) is 0 Å². The Balaban J connectivity index is 2.09. The number of halogens is 2. The van der Waals surface area contributed by atoms with E-state index in [9.17, 15) is 18.9 Å². The Morgan fingerprint density at radius 1 is 1.50 bits per heavy atom. The average Bonchev–Trinajstić information content (AvgIpc) is 2.66. The van der Waals surface area contributed by atoms with Crippen LogP contribution in [0, 0.1) is 10.1 Å². The van der Waals surface area contributed by atoms with E-state index in [-0.39, 0.29) is 18.4 Å². The van der Waals surface area contributed by atoms with Gasteiger partial charge in [0.05, 0.1) is 0 Å². The number of fused-ring (bicyclic) bond motifs is 1. The lowest BCUT2D eigenvalue weighted by atomic mass is 9.78. The van der Waals surface area contributed by atoms with Gasteiger partial charge < -0.3 is 10.5 Å². The molecule has 0 radical (unpaired) electrons. The smallest absolute Gasteiger partial charge is 0.311 e. The molecule has 0 aromatic rings. The Kier molecular flexibility index (Phi) is 2.69. The van der Waals surface area contributed by atoms with Gasteiger partial charge in [-0.3, -0.25) is 10.1 Å². The zero-order chi connectivity index (χ0) is 14.5. The van der Waals surface area contributed by atoms with Crippen LogP contribution in [0.1, 0.15) is 12.8 Å². The molecule has 0 amide bonds. The molecule has 3 atom stereocenters. The standard InChI is InChI=1S/C12H13F2N3O3/c13-11(14)5-20-6-16-12(11)9-4-8(17(18)19)2-1-7(9)3-10(12)15/h1-2,6,8,10H,3-5,15H2/t8?,10?,12-/m1/s1. The zero-order valence-corrected chi connectivity index (χ0v) is 10.5. The minimum absolute atomic E-state index is 0.0839. The van der Waals surface area contributed by atoms with Crippen molar-refractivity contribution < 1.29 is 18.4 Å². The fourth-order valence-electron chi connectivity index (χ4n) is 3.21. The molecule has 2 aliphatic carbocycles. The van der Waals surface area contributed by atoms with Crippen molar-refractivity contribution in [3.05, 3.63) is 33.4 Å². The van der Waals surface area contributed by atoms with E-state index in [1.807, 2.05) is 0 Å². The summed E-state index contributed by atoms with van der Waals surface area (Å²) in [6.45, 7) is -0.812. The highest BCUT2D eigenvalue weighted by Gasteiger charge is 2.65. The first-order chi connectivity index (χ1) is 9.38. The highest BCUT2D eigenvalue weighted by atomic mass is 19.3. The van der Waals surface area contributed by atoms with Crippen molar-refractivity contribution in [2.45, 2.75) is 36.4 Å².